The molecule has 2 amide bonds. The van der Waals surface area contributed by atoms with Crippen LogP contribution in [0.3, 0.4) is 0 Å². The summed E-state index contributed by atoms with van der Waals surface area (Å²) in [6.45, 7) is 5.59. The van der Waals surface area contributed by atoms with Crippen LogP contribution in [0.1, 0.15) is 97.8 Å². The molecule has 3 atom stereocenters. The van der Waals surface area contributed by atoms with Gasteiger partial charge < -0.3 is 30.3 Å². The third-order valence-corrected chi connectivity index (χ3v) is 7.52. The number of rotatable bonds is 25. The standard InChI is InChI=1S/C29H51N5O8S/c1-4-7-10-13-26(37)30-24(29(40)31-25-17-34(33-32-25)16-22(36)18-35)21-43-20-23(42-28(39)15-12-9-6-3)19-41-27(38)14-11-8-5-2/h17,22-24,35-36H,4-16,18-21H2,1-3H3,(H,30,37)(H,31,40)/t22-,23-,24-/m1/s1. The first-order valence-electron chi connectivity index (χ1n) is 15.4. The number of aliphatic hydroxyl groups excluding tert-OH is 2. The molecule has 0 saturated heterocycles. The van der Waals surface area contributed by atoms with Crippen LogP contribution in [0.25, 0.3) is 0 Å². The summed E-state index contributed by atoms with van der Waals surface area (Å²) in [5, 5.41) is 31.7. The van der Waals surface area contributed by atoms with Crippen LogP contribution in [0.15, 0.2) is 6.20 Å². The summed E-state index contributed by atoms with van der Waals surface area (Å²) in [5.74, 6) is -0.941. The number of unbranched alkanes of at least 4 members (excludes halogenated alkanes) is 6. The van der Waals surface area contributed by atoms with Gasteiger partial charge in [0.15, 0.2) is 5.82 Å². The van der Waals surface area contributed by atoms with Gasteiger partial charge in [0.25, 0.3) is 0 Å². The van der Waals surface area contributed by atoms with Crippen LogP contribution in [0.2, 0.25) is 0 Å². The van der Waals surface area contributed by atoms with Gasteiger partial charge in [-0.15, -0.1) is 5.10 Å². The van der Waals surface area contributed by atoms with Gasteiger partial charge in [-0.25, -0.2) is 4.68 Å². The maximum absolute atomic E-state index is 13.1. The highest BCUT2D eigenvalue weighted by atomic mass is 32.2. The van der Waals surface area contributed by atoms with Crippen molar-refractivity contribution in [3.05, 3.63) is 6.20 Å². The Hall–Kier alpha value is -2.71. The van der Waals surface area contributed by atoms with Crippen molar-refractivity contribution in [3.63, 3.8) is 0 Å². The molecule has 0 fully saturated rings. The molecule has 1 rings (SSSR count). The number of hydrogen-bond acceptors (Lipinski definition) is 11. The molecule has 1 aromatic rings. The minimum Gasteiger partial charge on any atom is -0.462 e. The summed E-state index contributed by atoms with van der Waals surface area (Å²) in [6, 6.07) is -0.926. The zero-order valence-corrected chi connectivity index (χ0v) is 26.7. The first-order valence-corrected chi connectivity index (χ1v) is 16.6. The summed E-state index contributed by atoms with van der Waals surface area (Å²) in [4.78, 5) is 50.3. The highest BCUT2D eigenvalue weighted by Crippen LogP contribution is 2.14. The zero-order valence-electron chi connectivity index (χ0n) is 25.9. The first kappa shape index (κ1) is 38.3. The van der Waals surface area contributed by atoms with E-state index in [0.29, 0.717) is 19.3 Å². The van der Waals surface area contributed by atoms with Crippen molar-refractivity contribution < 1.29 is 38.9 Å². The summed E-state index contributed by atoms with van der Waals surface area (Å²) in [5.41, 5.74) is 0. The molecule has 246 valence electrons. The Morgan fingerprint density at radius 1 is 0.930 bits per heavy atom. The Morgan fingerprint density at radius 2 is 1.56 bits per heavy atom. The van der Waals surface area contributed by atoms with E-state index in [0.717, 1.165) is 44.9 Å². The van der Waals surface area contributed by atoms with E-state index >= 15 is 0 Å². The Labute approximate surface area is 259 Å². The summed E-state index contributed by atoms with van der Waals surface area (Å²) in [6.07, 6.45) is 8.31. The quantitative estimate of drug-likeness (QED) is 0.0922. The predicted molar refractivity (Wildman–Crippen MR) is 164 cm³/mol. The molecule has 4 N–H and O–H groups in total. The van der Waals surface area contributed by atoms with Crippen molar-refractivity contribution >= 4 is 41.3 Å². The Bertz CT molecular complexity index is 948. The number of nitrogens with zero attached hydrogens (tertiary/aromatic N) is 3. The lowest BCUT2D eigenvalue weighted by atomic mass is 10.2. The molecule has 0 unspecified atom stereocenters. The molecule has 0 radical (unpaired) electrons. The number of amides is 2. The number of aromatic nitrogens is 3. The fraction of sp³-hybridized carbons (Fsp3) is 0.793. The van der Waals surface area contributed by atoms with Gasteiger partial charge in [0.05, 0.1) is 25.5 Å². The van der Waals surface area contributed by atoms with Crippen LogP contribution < -0.4 is 10.6 Å². The topological polar surface area (TPSA) is 182 Å². The molecule has 1 aromatic heterocycles. The molecule has 13 nitrogen and oxygen atoms in total. The maximum atomic E-state index is 13.1. The Balaban J connectivity index is 2.85. The lowest BCUT2D eigenvalue weighted by molar-refractivity contribution is -0.157. The second kappa shape index (κ2) is 23.7. The van der Waals surface area contributed by atoms with E-state index in [1.54, 1.807) is 0 Å². The second-order valence-electron chi connectivity index (χ2n) is 10.5. The predicted octanol–water partition coefficient (Wildman–Crippen LogP) is 2.98. The van der Waals surface area contributed by atoms with E-state index in [-0.39, 0.29) is 61.2 Å². The van der Waals surface area contributed by atoms with Crippen LogP contribution >= 0.6 is 11.8 Å². The van der Waals surface area contributed by atoms with E-state index in [1.165, 1.54) is 22.6 Å². The Morgan fingerprint density at radius 3 is 2.19 bits per heavy atom. The van der Waals surface area contributed by atoms with Crippen molar-refractivity contribution in [2.75, 3.05) is 30.0 Å². The molecule has 43 heavy (non-hydrogen) atoms. The maximum Gasteiger partial charge on any atom is 0.306 e. The molecular formula is C29H51N5O8S. The fourth-order valence-electron chi connectivity index (χ4n) is 3.89. The van der Waals surface area contributed by atoms with Crippen molar-refractivity contribution in [2.24, 2.45) is 0 Å². The fourth-order valence-corrected chi connectivity index (χ4v) is 4.93. The van der Waals surface area contributed by atoms with Crippen LogP contribution in [-0.4, -0.2) is 91.9 Å². The number of thioether (sulfide) groups is 1. The number of carbonyl (C=O) groups excluding carboxylic acids is 4. The van der Waals surface area contributed by atoms with Crippen molar-refractivity contribution in [1.82, 2.24) is 20.3 Å². The van der Waals surface area contributed by atoms with Crippen LogP contribution in [0, 0.1) is 0 Å². The zero-order chi connectivity index (χ0) is 31.9. The van der Waals surface area contributed by atoms with Crippen molar-refractivity contribution in [3.8, 4) is 0 Å². The Kier molecular flexibility index (Phi) is 21.1. The molecule has 0 aliphatic carbocycles. The highest BCUT2D eigenvalue weighted by Gasteiger charge is 2.24. The molecule has 0 aliphatic rings. The normalized spacial score (nSPS) is 13.1. The number of esters is 2. The van der Waals surface area contributed by atoms with E-state index in [9.17, 15) is 24.3 Å². The molecule has 0 aromatic carbocycles. The first-order chi connectivity index (χ1) is 20.7. The number of nitrogens with one attached hydrogen (secondary N) is 2. The van der Waals surface area contributed by atoms with Gasteiger partial charge in [0.2, 0.25) is 11.8 Å². The van der Waals surface area contributed by atoms with Gasteiger partial charge in [-0.3, -0.25) is 19.2 Å². The van der Waals surface area contributed by atoms with Crippen molar-refractivity contribution in [2.45, 2.75) is 123 Å². The van der Waals surface area contributed by atoms with Crippen molar-refractivity contribution in [1.29, 1.82) is 0 Å². The minimum absolute atomic E-state index is 0.00541. The van der Waals surface area contributed by atoms with E-state index in [2.05, 4.69) is 20.9 Å². The minimum atomic E-state index is -1.03. The average Bonchev–Trinajstić information content (AvgIpc) is 3.41. The number of aliphatic hydroxyl groups is 2. The largest absolute Gasteiger partial charge is 0.462 e. The van der Waals surface area contributed by atoms with Gasteiger partial charge in [0.1, 0.15) is 18.8 Å². The number of ether oxygens (including phenoxy) is 2. The molecule has 14 heteroatoms. The van der Waals surface area contributed by atoms with Gasteiger partial charge in [0, 0.05) is 30.8 Å². The van der Waals surface area contributed by atoms with Gasteiger partial charge in [-0.1, -0.05) is 64.5 Å². The summed E-state index contributed by atoms with van der Waals surface area (Å²) >= 11 is 1.29. The number of anilines is 1. The SMILES string of the molecule is CCCCCC(=O)N[C@H](CSC[C@@H](COC(=O)CCCCC)OC(=O)CCCCC)C(=O)Nc1cn(C[C@@H](O)CO)nn1. The lowest BCUT2D eigenvalue weighted by Gasteiger charge is -2.21. The molecule has 0 spiro atoms. The van der Waals surface area contributed by atoms with Crippen LogP contribution in [0.4, 0.5) is 5.82 Å². The monoisotopic (exact) mass is 629 g/mol. The molecule has 0 aliphatic heterocycles. The van der Waals surface area contributed by atoms with Crippen LogP contribution in [0.5, 0.6) is 0 Å². The smallest absolute Gasteiger partial charge is 0.306 e. The molecule has 0 bridgehead atoms. The molecule has 1 heterocycles. The molecule has 0 saturated carbocycles. The molecular weight excluding hydrogens is 578 g/mol. The van der Waals surface area contributed by atoms with Gasteiger partial charge >= 0.3 is 11.9 Å². The third kappa shape index (κ3) is 18.5. The van der Waals surface area contributed by atoms with E-state index < -0.39 is 30.8 Å². The lowest BCUT2D eigenvalue weighted by Crippen LogP contribution is -2.45. The average molecular weight is 630 g/mol. The summed E-state index contributed by atoms with van der Waals surface area (Å²) < 4.78 is 12.3. The third-order valence-electron chi connectivity index (χ3n) is 6.34. The van der Waals surface area contributed by atoms with Gasteiger partial charge in [-0.05, 0) is 19.3 Å². The summed E-state index contributed by atoms with van der Waals surface area (Å²) in [7, 11) is 0. The van der Waals surface area contributed by atoms with E-state index in [1.807, 2.05) is 20.8 Å². The number of hydrogen-bond donors (Lipinski definition) is 4. The van der Waals surface area contributed by atoms with Gasteiger partial charge in [-0.2, -0.15) is 11.8 Å². The second-order valence-corrected chi connectivity index (χ2v) is 11.6. The van der Waals surface area contributed by atoms with Crippen LogP contribution in [-0.2, 0) is 35.2 Å². The highest BCUT2D eigenvalue weighted by molar-refractivity contribution is 7.99. The van der Waals surface area contributed by atoms with E-state index in [4.69, 9.17) is 14.6 Å². The number of carbonyl (C=O) groups is 4.